The van der Waals surface area contributed by atoms with E-state index in [0.717, 1.165) is 4.47 Å². The van der Waals surface area contributed by atoms with Crippen LogP contribution in [0.25, 0.3) is 0 Å². The Morgan fingerprint density at radius 3 is 2.92 bits per heavy atom. The molecule has 0 unspecified atom stereocenters. The van der Waals surface area contributed by atoms with Crippen LogP contribution in [0.2, 0.25) is 5.02 Å². The highest BCUT2D eigenvalue weighted by Gasteiger charge is 2.03. The number of hydrogen-bond donors (Lipinski definition) is 1. The molecule has 0 bridgehead atoms. The molecule has 0 aromatic heterocycles. The first-order valence-electron chi connectivity index (χ1n) is 3.88. The van der Waals surface area contributed by atoms with Crippen LogP contribution in [-0.4, -0.2) is 5.91 Å². The lowest BCUT2D eigenvalue weighted by Crippen LogP contribution is -2.09. The number of amides is 1. The van der Waals surface area contributed by atoms with Crippen LogP contribution in [-0.2, 0) is 4.79 Å². The van der Waals surface area contributed by atoms with Gasteiger partial charge in [0.15, 0.2) is 0 Å². The maximum Gasteiger partial charge on any atom is 0.224 e. The molecule has 0 saturated heterocycles. The predicted molar refractivity (Wildman–Crippen MR) is 58.1 cm³/mol. The van der Waals surface area contributed by atoms with Gasteiger partial charge in [0.2, 0.25) is 5.91 Å². The van der Waals surface area contributed by atoms with E-state index in [0.29, 0.717) is 17.1 Å². The van der Waals surface area contributed by atoms with Crippen LogP contribution in [0.4, 0.5) is 5.69 Å². The van der Waals surface area contributed by atoms with Crippen molar-refractivity contribution in [2.45, 2.75) is 13.3 Å². The lowest BCUT2D eigenvalue weighted by molar-refractivity contribution is -0.115. The zero-order valence-corrected chi connectivity index (χ0v) is 9.45. The van der Waals surface area contributed by atoms with E-state index >= 15 is 0 Å². The summed E-state index contributed by atoms with van der Waals surface area (Å²) < 4.78 is 0.892. The van der Waals surface area contributed by atoms with Crippen LogP contribution in [0.15, 0.2) is 22.7 Å². The second kappa shape index (κ2) is 4.63. The zero-order chi connectivity index (χ0) is 9.84. The summed E-state index contributed by atoms with van der Waals surface area (Å²) in [7, 11) is 0. The fourth-order valence-electron chi connectivity index (χ4n) is 0.832. The highest BCUT2D eigenvalue weighted by molar-refractivity contribution is 9.10. The molecule has 0 aliphatic heterocycles. The van der Waals surface area contributed by atoms with Crippen LogP contribution in [0.1, 0.15) is 13.3 Å². The second-order valence-electron chi connectivity index (χ2n) is 2.53. The number of halogens is 2. The lowest BCUT2D eigenvalue weighted by atomic mass is 10.3. The van der Waals surface area contributed by atoms with E-state index < -0.39 is 0 Å². The summed E-state index contributed by atoms with van der Waals surface area (Å²) in [6, 6.07) is 5.33. The molecule has 70 valence electrons. The van der Waals surface area contributed by atoms with Gasteiger partial charge >= 0.3 is 0 Å². The number of carbonyl (C=O) groups is 1. The first-order chi connectivity index (χ1) is 6.13. The molecule has 0 fully saturated rings. The van der Waals surface area contributed by atoms with Gasteiger partial charge in [-0.2, -0.15) is 0 Å². The van der Waals surface area contributed by atoms with Gasteiger partial charge in [-0.15, -0.1) is 0 Å². The van der Waals surface area contributed by atoms with Crippen molar-refractivity contribution in [2.24, 2.45) is 0 Å². The smallest absolute Gasteiger partial charge is 0.224 e. The summed E-state index contributed by atoms with van der Waals surface area (Å²) in [6.07, 6.45) is 0.447. The second-order valence-corrected chi connectivity index (χ2v) is 3.85. The average Bonchev–Trinajstić information content (AvgIpc) is 2.11. The quantitative estimate of drug-likeness (QED) is 0.869. The number of anilines is 1. The van der Waals surface area contributed by atoms with E-state index in [1.165, 1.54) is 0 Å². The van der Waals surface area contributed by atoms with E-state index in [9.17, 15) is 4.79 Å². The summed E-state index contributed by atoms with van der Waals surface area (Å²) in [5.41, 5.74) is 0.642. The fraction of sp³-hybridized carbons (Fsp3) is 0.222. The van der Waals surface area contributed by atoms with Gasteiger partial charge in [-0.3, -0.25) is 4.79 Å². The molecule has 1 aromatic carbocycles. The van der Waals surface area contributed by atoms with Gasteiger partial charge in [0, 0.05) is 10.9 Å². The summed E-state index contributed by atoms with van der Waals surface area (Å²) in [6.45, 7) is 1.79. The van der Waals surface area contributed by atoms with Crippen molar-refractivity contribution in [3.8, 4) is 0 Å². The molecular weight excluding hydrogens is 253 g/mol. The van der Waals surface area contributed by atoms with Crippen LogP contribution in [0, 0.1) is 0 Å². The number of nitrogens with one attached hydrogen (secondary N) is 1. The minimum Gasteiger partial charge on any atom is -0.325 e. The number of hydrogen-bond acceptors (Lipinski definition) is 1. The molecule has 0 radical (unpaired) electrons. The first-order valence-corrected chi connectivity index (χ1v) is 5.05. The third-order valence-electron chi connectivity index (χ3n) is 1.52. The van der Waals surface area contributed by atoms with Crippen LogP contribution < -0.4 is 5.32 Å². The van der Waals surface area contributed by atoms with Gasteiger partial charge in [-0.1, -0.05) is 34.5 Å². The Hall–Kier alpha value is -0.540. The van der Waals surface area contributed by atoms with Crippen molar-refractivity contribution < 1.29 is 4.79 Å². The van der Waals surface area contributed by atoms with Gasteiger partial charge < -0.3 is 5.32 Å². The minimum atomic E-state index is -0.0417. The summed E-state index contributed by atoms with van der Waals surface area (Å²) in [5.74, 6) is -0.0417. The van der Waals surface area contributed by atoms with E-state index in [-0.39, 0.29) is 5.91 Å². The van der Waals surface area contributed by atoms with Gasteiger partial charge in [0.25, 0.3) is 0 Å². The standard InChI is InChI=1S/C9H9BrClNO/c1-2-9(13)12-8-5-6(10)3-4-7(8)11/h3-5H,2H2,1H3,(H,12,13). The van der Waals surface area contributed by atoms with Crippen molar-refractivity contribution in [1.29, 1.82) is 0 Å². The molecule has 0 saturated carbocycles. The average molecular weight is 263 g/mol. The van der Waals surface area contributed by atoms with Crippen molar-refractivity contribution in [2.75, 3.05) is 5.32 Å². The molecule has 1 N–H and O–H groups in total. The Balaban J connectivity index is 2.87. The molecule has 0 aliphatic rings. The fourth-order valence-corrected chi connectivity index (χ4v) is 1.36. The van der Waals surface area contributed by atoms with Gasteiger partial charge in [0.1, 0.15) is 0 Å². The van der Waals surface area contributed by atoms with Crippen molar-refractivity contribution in [1.82, 2.24) is 0 Å². The molecule has 1 amide bonds. The van der Waals surface area contributed by atoms with E-state index in [4.69, 9.17) is 11.6 Å². The Kier molecular flexibility index (Phi) is 3.75. The van der Waals surface area contributed by atoms with Gasteiger partial charge in [0.05, 0.1) is 10.7 Å². The Labute approximate surface area is 90.4 Å². The summed E-state index contributed by atoms with van der Waals surface area (Å²) in [5, 5.41) is 3.25. The third kappa shape index (κ3) is 3.01. The van der Waals surface area contributed by atoms with Crippen LogP contribution >= 0.6 is 27.5 Å². The minimum absolute atomic E-state index is 0.0417. The largest absolute Gasteiger partial charge is 0.325 e. The Bertz CT molecular complexity index is 327. The molecule has 4 heteroatoms. The summed E-state index contributed by atoms with van der Waals surface area (Å²) in [4.78, 5) is 11.1. The normalized spacial score (nSPS) is 9.77. The maximum absolute atomic E-state index is 11.1. The molecule has 0 spiro atoms. The van der Waals surface area contributed by atoms with Crippen molar-refractivity contribution in [3.05, 3.63) is 27.7 Å². The predicted octanol–water partition coefficient (Wildman–Crippen LogP) is 3.45. The molecule has 0 heterocycles. The molecule has 0 atom stereocenters. The van der Waals surface area contributed by atoms with E-state index in [1.807, 2.05) is 6.07 Å². The third-order valence-corrected chi connectivity index (χ3v) is 2.35. The topological polar surface area (TPSA) is 29.1 Å². The van der Waals surface area contributed by atoms with E-state index in [1.54, 1.807) is 19.1 Å². The van der Waals surface area contributed by atoms with Crippen molar-refractivity contribution in [3.63, 3.8) is 0 Å². The zero-order valence-electron chi connectivity index (χ0n) is 7.10. The number of benzene rings is 1. The first kappa shape index (κ1) is 10.5. The highest BCUT2D eigenvalue weighted by atomic mass is 79.9. The summed E-state index contributed by atoms with van der Waals surface area (Å²) >= 11 is 9.16. The van der Waals surface area contributed by atoms with Crippen molar-refractivity contribution >= 4 is 39.1 Å². The SMILES string of the molecule is CCC(=O)Nc1cc(Br)ccc1Cl. The Morgan fingerprint density at radius 1 is 1.62 bits per heavy atom. The monoisotopic (exact) mass is 261 g/mol. The van der Waals surface area contributed by atoms with Crippen LogP contribution in [0.5, 0.6) is 0 Å². The van der Waals surface area contributed by atoms with Gasteiger partial charge in [-0.05, 0) is 18.2 Å². The maximum atomic E-state index is 11.1. The van der Waals surface area contributed by atoms with E-state index in [2.05, 4.69) is 21.2 Å². The highest BCUT2D eigenvalue weighted by Crippen LogP contribution is 2.25. The van der Waals surface area contributed by atoms with Crippen LogP contribution in [0.3, 0.4) is 0 Å². The lowest BCUT2D eigenvalue weighted by Gasteiger charge is -2.05. The molecule has 1 aromatic rings. The molecule has 1 rings (SSSR count). The molecule has 2 nitrogen and oxygen atoms in total. The number of carbonyl (C=O) groups excluding carboxylic acids is 1. The molecule has 13 heavy (non-hydrogen) atoms. The molecule has 0 aliphatic carbocycles. The number of rotatable bonds is 2. The van der Waals surface area contributed by atoms with Gasteiger partial charge in [-0.25, -0.2) is 0 Å². The Morgan fingerprint density at radius 2 is 2.31 bits per heavy atom. The molecular formula is C9H9BrClNO.